The van der Waals surface area contributed by atoms with Gasteiger partial charge in [-0.1, -0.05) is 42.5 Å². The number of halogens is 2. The molecule has 0 fully saturated rings. The van der Waals surface area contributed by atoms with Crippen molar-refractivity contribution in [1.29, 1.82) is 0 Å². The lowest BCUT2D eigenvalue weighted by Gasteiger charge is -2.32. The van der Waals surface area contributed by atoms with E-state index in [4.69, 9.17) is 18.9 Å². The topological polar surface area (TPSA) is 70.1 Å². The van der Waals surface area contributed by atoms with Crippen molar-refractivity contribution in [2.45, 2.75) is 25.4 Å². The van der Waals surface area contributed by atoms with Gasteiger partial charge >= 0.3 is 5.97 Å². The third kappa shape index (κ3) is 7.28. The first-order valence-electron chi connectivity index (χ1n) is 11.9. The van der Waals surface area contributed by atoms with E-state index < -0.39 is 12.4 Å². The summed E-state index contributed by atoms with van der Waals surface area (Å²) in [6.07, 6.45) is -0.733. The molecule has 0 saturated carbocycles. The molecule has 0 N–H and O–H groups in total. The predicted molar refractivity (Wildman–Crippen MR) is 151 cm³/mol. The van der Waals surface area contributed by atoms with Crippen LogP contribution >= 0.6 is 24.8 Å². The average Bonchev–Trinajstić information content (AvgIpc) is 2.87. The van der Waals surface area contributed by atoms with Crippen LogP contribution in [0.15, 0.2) is 84.9 Å². The third-order valence-corrected chi connectivity index (χ3v) is 5.77. The molecule has 2 atom stereocenters. The fourth-order valence-corrected chi connectivity index (χ4v) is 4.10. The molecule has 1 aromatic heterocycles. The summed E-state index contributed by atoms with van der Waals surface area (Å²) in [7, 11) is 3.66. The third-order valence-electron chi connectivity index (χ3n) is 5.77. The molecule has 0 bridgehead atoms. The minimum atomic E-state index is -0.616. The molecule has 0 amide bonds. The number of hydrogen-bond acceptors (Lipinski definition) is 7. The molecule has 4 aromatic rings. The van der Waals surface area contributed by atoms with Crippen molar-refractivity contribution in [2.24, 2.45) is 0 Å². The number of carbonyl (C=O) groups excluding carboxylic acids is 1. The summed E-state index contributed by atoms with van der Waals surface area (Å²) >= 11 is 0. The zero-order valence-corrected chi connectivity index (χ0v) is 22.7. The molecule has 0 spiro atoms. The van der Waals surface area contributed by atoms with Crippen LogP contribution in [0, 0.1) is 0 Å². The van der Waals surface area contributed by atoms with Gasteiger partial charge in [-0.05, 0) is 50.5 Å². The number of ether oxygens (including phenoxy) is 4. The van der Waals surface area contributed by atoms with Crippen LogP contribution < -0.4 is 14.2 Å². The van der Waals surface area contributed by atoms with Crippen molar-refractivity contribution in [3.8, 4) is 17.2 Å². The van der Waals surface area contributed by atoms with Crippen LogP contribution in [0.5, 0.6) is 17.2 Å². The van der Waals surface area contributed by atoms with E-state index >= 15 is 0 Å². The maximum atomic E-state index is 12.4. The van der Waals surface area contributed by atoms with Crippen LogP contribution in [0.1, 0.15) is 23.8 Å². The number of likely N-dealkylation sites (N-methyl/N-ethyl adjacent to an activating group) is 1. The Morgan fingerprint density at radius 2 is 1.71 bits per heavy atom. The van der Waals surface area contributed by atoms with Crippen LogP contribution in [-0.2, 0) is 16.1 Å². The van der Waals surface area contributed by atoms with Gasteiger partial charge in [0.25, 0.3) is 0 Å². The van der Waals surface area contributed by atoms with Crippen LogP contribution in [-0.4, -0.2) is 42.8 Å². The van der Waals surface area contributed by atoms with E-state index in [1.807, 2.05) is 99.0 Å². The monoisotopic (exact) mass is 556 g/mol. The van der Waals surface area contributed by atoms with Crippen molar-refractivity contribution < 1.29 is 23.7 Å². The van der Waals surface area contributed by atoms with E-state index in [9.17, 15) is 4.79 Å². The molecule has 1 aliphatic heterocycles. The molecular weight excluding hydrogens is 527 g/mol. The fraction of sp³-hybridized carbons (Fsp3) is 0.241. The maximum Gasteiger partial charge on any atom is 0.320 e. The van der Waals surface area contributed by atoms with Crippen molar-refractivity contribution >= 4 is 41.7 Å². The molecule has 38 heavy (non-hydrogen) atoms. The highest BCUT2D eigenvalue weighted by atomic mass is 35.5. The van der Waals surface area contributed by atoms with Gasteiger partial charge in [0.05, 0.1) is 24.2 Å². The van der Waals surface area contributed by atoms with Gasteiger partial charge in [-0.2, -0.15) is 0 Å². The van der Waals surface area contributed by atoms with E-state index in [1.165, 1.54) is 0 Å². The molecule has 2 unspecified atom stereocenters. The predicted octanol–water partition coefficient (Wildman–Crippen LogP) is 5.99. The Labute approximate surface area is 234 Å². The number of benzene rings is 3. The molecule has 5 rings (SSSR count). The summed E-state index contributed by atoms with van der Waals surface area (Å²) in [6, 6.07) is 27.0. The highest BCUT2D eigenvalue weighted by Crippen LogP contribution is 2.40. The molecule has 2 heterocycles. The Kier molecular flexibility index (Phi) is 10.2. The van der Waals surface area contributed by atoms with E-state index in [0.717, 1.165) is 22.2 Å². The molecule has 200 valence electrons. The summed E-state index contributed by atoms with van der Waals surface area (Å²) < 4.78 is 24.0. The molecular formula is C29H30Cl2N2O5. The highest BCUT2D eigenvalue weighted by molar-refractivity contribution is 5.85. The molecule has 0 aliphatic carbocycles. The minimum absolute atomic E-state index is 0. The fourth-order valence-electron chi connectivity index (χ4n) is 4.10. The largest absolute Gasteiger partial charge is 0.487 e. The maximum absolute atomic E-state index is 12.4. The second kappa shape index (κ2) is 13.3. The normalized spacial score (nSPS) is 15.9. The van der Waals surface area contributed by atoms with Crippen LogP contribution in [0.25, 0.3) is 10.9 Å². The van der Waals surface area contributed by atoms with Gasteiger partial charge < -0.3 is 18.9 Å². The lowest BCUT2D eigenvalue weighted by Crippen LogP contribution is -2.34. The van der Waals surface area contributed by atoms with Crippen molar-refractivity contribution in [2.75, 3.05) is 20.6 Å². The number of carbonyl (C=O) groups is 1. The SMILES string of the molecule is CN(C)CC(=O)OC1CC(Oc2ccccc2)Oc2cc(OCc3ccc4ccccc4n3)ccc21.Cl.Cl. The molecule has 0 radical (unpaired) electrons. The van der Waals surface area contributed by atoms with Crippen molar-refractivity contribution in [1.82, 2.24) is 9.88 Å². The van der Waals surface area contributed by atoms with Gasteiger partial charge in [0.15, 0.2) is 0 Å². The van der Waals surface area contributed by atoms with E-state index in [1.54, 1.807) is 4.90 Å². The average molecular weight is 557 g/mol. The van der Waals surface area contributed by atoms with E-state index in [-0.39, 0.29) is 37.3 Å². The van der Waals surface area contributed by atoms with Gasteiger partial charge in [-0.3, -0.25) is 9.69 Å². The smallest absolute Gasteiger partial charge is 0.320 e. The number of fused-ring (bicyclic) bond motifs is 2. The Morgan fingerprint density at radius 3 is 2.50 bits per heavy atom. The number of rotatable bonds is 8. The lowest BCUT2D eigenvalue weighted by atomic mass is 10.0. The van der Waals surface area contributed by atoms with Crippen LogP contribution in [0.2, 0.25) is 0 Å². The number of esters is 1. The molecule has 7 nitrogen and oxygen atoms in total. The van der Waals surface area contributed by atoms with Crippen molar-refractivity contribution in [3.63, 3.8) is 0 Å². The van der Waals surface area contributed by atoms with Gasteiger partial charge in [0, 0.05) is 17.0 Å². The quantitative estimate of drug-likeness (QED) is 0.247. The van der Waals surface area contributed by atoms with Crippen LogP contribution in [0.4, 0.5) is 0 Å². The first-order chi connectivity index (χ1) is 17.5. The summed E-state index contributed by atoms with van der Waals surface area (Å²) in [6.45, 7) is 0.506. The minimum Gasteiger partial charge on any atom is -0.487 e. The second-order valence-electron chi connectivity index (χ2n) is 8.91. The number of pyridine rings is 1. The molecule has 1 aliphatic rings. The number of nitrogens with zero attached hydrogens (tertiary/aromatic N) is 2. The lowest BCUT2D eigenvalue weighted by molar-refractivity contribution is -0.155. The molecule has 3 aromatic carbocycles. The van der Waals surface area contributed by atoms with Gasteiger partial charge in [0.1, 0.15) is 30.0 Å². The zero-order valence-electron chi connectivity index (χ0n) is 21.1. The first-order valence-corrected chi connectivity index (χ1v) is 11.9. The Hall–Kier alpha value is -3.52. The van der Waals surface area contributed by atoms with E-state index in [0.29, 0.717) is 30.3 Å². The zero-order chi connectivity index (χ0) is 24.9. The number of aromatic nitrogens is 1. The molecule has 0 saturated heterocycles. The van der Waals surface area contributed by atoms with Gasteiger partial charge in [0.2, 0.25) is 6.29 Å². The van der Waals surface area contributed by atoms with Gasteiger partial charge in [-0.25, -0.2) is 4.98 Å². The Bertz CT molecular complexity index is 1350. The Morgan fingerprint density at radius 1 is 0.947 bits per heavy atom. The highest BCUT2D eigenvalue weighted by Gasteiger charge is 2.33. The van der Waals surface area contributed by atoms with E-state index in [2.05, 4.69) is 4.98 Å². The summed E-state index contributed by atoms with van der Waals surface area (Å²) in [5.41, 5.74) is 2.54. The summed E-state index contributed by atoms with van der Waals surface area (Å²) in [5, 5.41) is 1.09. The summed E-state index contributed by atoms with van der Waals surface area (Å²) in [4.78, 5) is 18.9. The number of hydrogen-bond donors (Lipinski definition) is 0. The first kappa shape index (κ1) is 29.0. The molecule has 9 heteroatoms. The number of para-hydroxylation sites is 2. The second-order valence-corrected chi connectivity index (χ2v) is 8.91. The summed E-state index contributed by atoms with van der Waals surface area (Å²) in [5.74, 6) is 1.56. The Balaban J connectivity index is 0.00000200. The van der Waals surface area contributed by atoms with Crippen LogP contribution in [0.3, 0.4) is 0 Å². The van der Waals surface area contributed by atoms with Gasteiger partial charge in [-0.15, -0.1) is 24.8 Å². The van der Waals surface area contributed by atoms with Crippen molar-refractivity contribution in [3.05, 3.63) is 96.2 Å². The standard InChI is InChI=1S/C29H28N2O5.2ClH/c1-31(2)18-28(32)35-27-17-29(34-22-9-4-3-5-10-22)36-26-16-23(14-15-24(26)27)33-19-21-13-12-20-8-6-7-11-25(20)30-21;;/h3-16,27,29H,17-19H2,1-2H3;2*1H.